The van der Waals surface area contributed by atoms with Gasteiger partial charge in [-0.15, -0.1) is 24.0 Å². The van der Waals surface area contributed by atoms with Gasteiger partial charge in [-0.1, -0.05) is 19.9 Å². The Labute approximate surface area is 206 Å². The zero-order valence-electron chi connectivity index (χ0n) is 19.4. The Morgan fingerprint density at radius 1 is 1.16 bits per heavy atom. The number of aryl methyl sites for hydroxylation is 2. The van der Waals surface area contributed by atoms with Crippen LogP contribution in [0.3, 0.4) is 0 Å². The Bertz CT molecular complexity index is 906. The maximum Gasteiger partial charge on any atom is 0.191 e. The van der Waals surface area contributed by atoms with Crippen molar-refractivity contribution in [1.29, 1.82) is 0 Å². The predicted molar refractivity (Wildman–Crippen MR) is 135 cm³/mol. The quantitative estimate of drug-likeness (QED) is 0.308. The summed E-state index contributed by atoms with van der Waals surface area (Å²) >= 11 is 0. The number of likely N-dealkylation sites (tertiary alicyclic amines) is 1. The maximum atomic E-state index is 13.4. The number of piperidine rings is 1. The first-order valence-corrected chi connectivity index (χ1v) is 11.1. The maximum absolute atomic E-state index is 13.4. The van der Waals surface area contributed by atoms with Gasteiger partial charge >= 0.3 is 0 Å². The Kier molecular flexibility index (Phi) is 10.3. The summed E-state index contributed by atoms with van der Waals surface area (Å²) in [6, 6.07) is 4.48. The van der Waals surface area contributed by atoms with E-state index in [0.717, 1.165) is 56.0 Å². The van der Waals surface area contributed by atoms with E-state index < -0.39 is 11.6 Å². The van der Waals surface area contributed by atoms with Crippen molar-refractivity contribution in [2.75, 3.05) is 20.1 Å². The molecule has 1 aromatic heterocycles. The van der Waals surface area contributed by atoms with E-state index in [4.69, 9.17) is 0 Å². The summed E-state index contributed by atoms with van der Waals surface area (Å²) < 4.78 is 28.5. The van der Waals surface area contributed by atoms with Crippen LogP contribution in [0.2, 0.25) is 0 Å². The van der Waals surface area contributed by atoms with Gasteiger partial charge in [-0.25, -0.2) is 8.78 Å². The molecule has 0 aliphatic carbocycles. The molecule has 0 bridgehead atoms. The van der Waals surface area contributed by atoms with E-state index in [0.29, 0.717) is 19.1 Å². The second-order valence-corrected chi connectivity index (χ2v) is 8.07. The van der Waals surface area contributed by atoms with Gasteiger partial charge in [0.05, 0.1) is 5.69 Å². The van der Waals surface area contributed by atoms with Gasteiger partial charge in [-0.05, 0) is 43.4 Å². The van der Waals surface area contributed by atoms with Crippen molar-refractivity contribution < 1.29 is 8.78 Å². The number of guanidine groups is 1. The molecule has 2 aromatic rings. The average Bonchev–Trinajstić information content (AvgIpc) is 3.09. The first-order valence-electron chi connectivity index (χ1n) is 11.1. The third-order valence-electron chi connectivity index (χ3n) is 6.00. The molecule has 2 heterocycles. The zero-order valence-corrected chi connectivity index (χ0v) is 21.7. The molecule has 6 nitrogen and oxygen atoms in total. The van der Waals surface area contributed by atoms with Crippen molar-refractivity contribution >= 4 is 29.9 Å². The first kappa shape index (κ1) is 26.5. The molecule has 1 aliphatic heterocycles. The number of benzene rings is 1. The molecule has 32 heavy (non-hydrogen) atoms. The van der Waals surface area contributed by atoms with E-state index in [1.807, 2.05) is 11.7 Å². The fourth-order valence-corrected chi connectivity index (χ4v) is 4.29. The van der Waals surface area contributed by atoms with E-state index in [1.54, 1.807) is 13.1 Å². The number of aromatic nitrogens is 2. The normalized spacial score (nSPS) is 15.5. The molecule has 0 unspecified atom stereocenters. The Morgan fingerprint density at radius 3 is 2.47 bits per heavy atom. The topological polar surface area (TPSA) is 57.5 Å². The van der Waals surface area contributed by atoms with Crippen molar-refractivity contribution in [1.82, 2.24) is 25.3 Å². The van der Waals surface area contributed by atoms with Crippen LogP contribution in [0.4, 0.5) is 8.78 Å². The van der Waals surface area contributed by atoms with Crippen LogP contribution in [0, 0.1) is 11.6 Å². The van der Waals surface area contributed by atoms with E-state index in [-0.39, 0.29) is 24.0 Å². The summed E-state index contributed by atoms with van der Waals surface area (Å²) in [5.74, 6) is -0.782. The molecule has 1 saturated heterocycles. The molecule has 0 amide bonds. The monoisotopic (exact) mass is 560 g/mol. The number of halogens is 3. The second kappa shape index (κ2) is 12.5. The standard InChI is InChI=1S/C23H34F2N6.HI/c1-5-21-18(22(6-2)30(4)29-21)14-27-23(26-3)28-17-9-11-31(12-10-17)15-16-7-8-19(24)20(25)13-16;/h7-8,13,17H,5-6,9-12,14-15H2,1-4H3,(H2,26,27,28);1H. The van der Waals surface area contributed by atoms with Crippen LogP contribution in [0.1, 0.15) is 49.2 Å². The molecular formula is C23H35F2IN6. The number of aliphatic imine (C=N–C) groups is 1. The van der Waals surface area contributed by atoms with E-state index >= 15 is 0 Å². The number of hydrogen-bond donors (Lipinski definition) is 2. The lowest BCUT2D eigenvalue weighted by Crippen LogP contribution is -2.48. The van der Waals surface area contributed by atoms with Crippen molar-refractivity contribution in [2.24, 2.45) is 12.0 Å². The number of hydrogen-bond acceptors (Lipinski definition) is 3. The largest absolute Gasteiger partial charge is 0.354 e. The molecule has 0 atom stereocenters. The molecule has 1 aromatic carbocycles. The number of rotatable bonds is 7. The number of nitrogens with zero attached hydrogens (tertiary/aromatic N) is 4. The van der Waals surface area contributed by atoms with Gasteiger partial charge in [0.2, 0.25) is 0 Å². The van der Waals surface area contributed by atoms with Gasteiger partial charge in [0.1, 0.15) is 0 Å². The van der Waals surface area contributed by atoms with Crippen LogP contribution in [0.15, 0.2) is 23.2 Å². The van der Waals surface area contributed by atoms with E-state index in [9.17, 15) is 8.78 Å². The lowest BCUT2D eigenvalue weighted by molar-refractivity contribution is 0.198. The van der Waals surface area contributed by atoms with E-state index in [1.165, 1.54) is 23.4 Å². The Hall–Kier alpha value is -1.75. The zero-order chi connectivity index (χ0) is 22.4. The SMILES string of the molecule is CCc1nn(C)c(CC)c1CNC(=NC)NC1CCN(Cc2ccc(F)c(F)c2)CC1.I. The van der Waals surface area contributed by atoms with Gasteiger partial charge in [-0.3, -0.25) is 14.6 Å². The molecule has 3 rings (SSSR count). The van der Waals surface area contributed by atoms with Crippen LogP contribution in [0.25, 0.3) is 0 Å². The Morgan fingerprint density at radius 2 is 1.88 bits per heavy atom. The molecule has 2 N–H and O–H groups in total. The van der Waals surface area contributed by atoms with Crippen molar-refractivity contribution in [3.05, 3.63) is 52.3 Å². The minimum absolute atomic E-state index is 0. The van der Waals surface area contributed by atoms with Gasteiger partial charge in [0, 0.05) is 57.6 Å². The first-order chi connectivity index (χ1) is 14.9. The minimum Gasteiger partial charge on any atom is -0.354 e. The fraction of sp³-hybridized carbons (Fsp3) is 0.565. The summed E-state index contributed by atoms with van der Waals surface area (Å²) in [4.78, 5) is 6.67. The molecule has 9 heteroatoms. The van der Waals surface area contributed by atoms with Crippen LogP contribution in [-0.4, -0.2) is 46.8 Å². The van der Waals surface area contributed by atoms with Gasteiger partial charge < -0.3 is 10.6 Å². The van der Waals surface area contributed by atoms with Gasteiger partial charge in [-0.2, -0.15) is 5.10 Å². The van der Waals surface area contributed by atoms with Gasteiger partial charge in [0.25, 0.3) is 0 Å². The van der Waals surface area contributed by atoms with Crippen molar-refractivity contribution in [2.45, 2.75) is 58.7 Å². The Balaban J connectivity index is 0.00000363. The highest BCUT2D eigenvalue weighted by Gasteiger charge is 2.21. The smallest absolute Gasteiger partial charge is 0.191 e. The highest BCUT2D eigenvalue weighted by molar-refractivity contribution is 14.0. The molecule has 178 valence electrons. The highest BCUT2D eigenvalue weighted by atomic mass is 127. The summed E-state index contributed by atoms with van der Waals surface area (Å²) in [6.07, 6.45) is 3.80. The van der Waals surface area contributed by atoms with Crippen LogP contribution >= 0.6 is 24.0 Å². The second-order valence-electron chi connectivity index (χ2n) is 8.07. The van der Waals surface area contributed by atoms with Crippen LogP contribution in [-0.2, 0) is 33.0 Å². The minimum atomic E-state index is -0.797. The van der Waals surface area contributed by atoms with Gasteiger partial charge in [0.15, 0.2) is 17.6 Å². The summed E-state index contributed by atoms with van der Waals surface area (Å²) in [7, 11) is 3.79. The predicted octanol–water partition coefficient (Wildman–Crippen LogP) is 3.77. The van der Waals surface area contributed by atoms with Crippen LogP contribution < -0.4 is 10.6 Å². The third-order valence-corrected chi connectivity index (χ3v) is 6.00. The average molecular weight is 560 g/mol. The lowest BCUT2D eigenvalue weighted by atomic mass is 10.0. The molecule has 1 aliphatic rings. The summed E-state index contributed by atoms with van der Waals surface area (Å²) in [5, 5.41) is 11.6. The van der Waals surface area contributed by atoms with E-state index in [2.05, 4.69) is 39.5 Å². The molecule has 0 saturated carbocycles. The van der Waals surface area contributed by atoms with Crippen molar-refractivity contribution in [3.63, 3.8) is 0 Å². The summed E-state index contributed by atoms with van der Waals surface area (Å²) in [6.45, 7) is 7.42. The van der Waals surface area contributed by atoms with Crippen LogP contribution in [0.5, 0.6) is 0 Å². The highest BCUT2D eigenvalue weighted by Crippen LogP contribution is 2.17. The molecule has 1 fully saturated rings. The summed E-state index contributed by atoms with van der Waals surface area (Å²) in [5.41, 5.74) is 4.45. The molecule has 0 spiro atoms. The number of nitrogens with one attached hydrogen (secondary N) is 2. The van der Waals surface area contributed by atoms with Crippen molar-refractivity contribution in [3.8, 4) is 0 Å². The fourth-order valence-electron chi connectivity index (χ4n) is 4.29. The lowest BCUT2D eigenvalue weighted by Gasteiger charge is -2.33. The molecule has 0 radical (unpaired) electrons. The third kappa shape index (κ3) is 6.63. The molecular weight excluding hydrogens is 525 g/mol.